The van der Waals surface area contributed by atoms with Crippen LogP contribution in [0.5, 0.6) is 0 Å². The number of aromatic nitrogens is 3. The van der Waals surface area contributed by atoms with Gasteiger partial charge in [0.1, 0.15) is 0 Å². The van der Waals surface area contributed by atoms with Crippen molar-refractivity contribution in [2.45, 2.75) is 30.5 Å². The van der Waals surface area contributed by atoms with Crippen LogP contribution in [-0.4, -0.2) is 14.8 Å². The first-order chi connectivity index (χ1) is 12.0. The van der Waals surface area contributed by atoms with E-state index in [-0.39, 0.29) is 5.56 Å². The average Bonchev–Trinajstić information content (AvgIpc) is 3.12. The molecule has 1 aromatic carbocycles. The number of hydrogen-bond donors (Lipinski definition) is 1. The van der Waals surface area contributed by atoms with Crippen molar-refractivity contribution in [3.63, 3.8) is 0 Å². The first kappa shape index (κ1) is 17.7. The van der Waals surface area contributed by atoms with Crippen molar-refractivity contribution in [1.29, 1.82) is 0 Å². The van der Waals surface area contributed by atoms with Crippen LogP contribution in [0.1, 0.15) is 30.2 Å². The van der Waals surface area contributed by atoms with Gasteiger partial charge in [-0.3, -0.25) is 9.36 Å². The number of anilines is 2. The summed E-state index contributed by atoms with van der Waals surface area (Å²) in [7, 11) is 1.71. The van der Waals surface area contributed by atoms with E-state index < -0.39 is 0 Å². The molecule has 130 valence electrons. The van der Waals surface area contributed by atoms with Crippen LogP contribution in [0.2, 0.25) is 0 Å². The monoisotopic (exact) mass is 372 g/mol. The quantitative estimate of drug-likeness (QED) is 0.650. The number of nitrogens with zero attached hydrogens (tertiary/aromatic N) is 3. The first-order valence-electron chi connectivity index (χ1n) is 8.00. The van der Waals surface area contributed by atoms with Gasteiger partial charge in [-0.1, -0.05) is 43.8 Å². The van der Waals surface area contributed by atoms with Crippen LogP contribution in [0.25, 0.3) is 0 Å². The molecule has 7 heteroatoms. The van der Waals surface area contributed by atoms with Gasteiger partial charge in [-0.25, -0.2) is 0 Å². The lowest BCUT2D eigenvalue weighted by atomic mass is 10.0. The average molecular weight is 373 g/mol. The minimum absolute atomic E-state index is 0.141. The zero-order valence-corrected chi connectivity index (χ0v) is 16.0. The van der Waals surface area contributed by atoms with E-state index in [1.54, 1.807) is 18.4 Å². The Morgan fingerprint density at radius 2 is 1.96 bits per heavy atom. The highest BCUT2D eigenvalue weighted by Crippen LogP contribution is 2.22. The third kappa shape index (κ3) is 4.29. The molecule has 0 unspecified atom stereocenters. The van der Waals surface area contributed by atoms with Crippen molar-refractivity contribution in [3.05, 3.63) is 62.6 Å². The van der Waals surface area contributed by atoms with Crippen molar-refractivity contribution >= 4 is 34.7 Å². The molecule has 3 aromatic rings. The van der Waals surface area contributed by atoms with E-state index in [1.165, 1.54) is 26.8 Å². The fraction of sp³-hybridized carbons (Fsp3) is 0.278. The molecule has 25 heavy (non-hydrogen) atoms. The predicted octanol–water partition coefficient (Wildman–Crippen LogP) is 4.40. The van der Waals surface area contributed by atoms with Gasteiger partial charge < -0.3 is 5.32 Å². The molecule has 0 saturated carbocycles. The lowest BCUT2D eigenvalue weighted by molar-refractivity contribution is 0.734. The summed E-state index contributed by atoms with van der Waals surface area (Å²) >= 11 is 3.08. The van der Waals surface area contributed by atoms with Gasteiger partial charge in [-0.05, 0) is 35.1 Å². The molecule has 0 aliphatic carbocycles. The Kier molecular flexibility index (Phi) is 5.55. The second-order valence-electron chi connectivity index (χ2n) is 5.96. The van der Waals surface area contributed by atoms with E-state index in [9.17, 15) is 4.79 Å². The second-order valence-corrected chi connectivity index (χ2v) is 7.96. The number of thiophene rings is 1. The standard InChI is InChI=1S/C18H20N4OS2/c1-12(2)13-6-8-14(9-7-13)19-18-21-20-16(17(23)22(18)3)25-11-15-5-4-10-24-15/h4-10,12H,11H2,1-3H3,(H,19,21). The molecule has 0 saturated heterocycles. The molecule has 0 aliphatic heterocycles. The molecule has 2 heterocycles. The highest BCUT2D eigenvalue weighted by Gasteiger charge is 2.11. The zero-order chi connectivity index (χ0) is 17.8. The van der Waals surface area contributed by atoms with Gasteiger partial charge in [-0.2, -0.15) is 0 Å². The highest BCUT2D eigenvalue weighted by molar-refractivity contribution is 7.98. The molecular formula is C18H20N4OS2. The van der Waals surface area contributed by atoms with Crippen LogP contribution in [0.3, 0.4) is 0 Å². The Hall–Kier alpha value is -2.12. The molecule has 1 N–H and O–H groups in total. The predicted molar refractivity (Wildman–Crippen MR) is 105 cm³/mol. The summed E-state index contributed by atoms with van der Waals surface area (Å²) in [5.41, 5.74) is 2.01. The van der Waals surface area contributed by atoms with Gasteiger partial charge in [-0.15, -0.1) is 21.5 Å². The molecule has 0 amide bonds. The van der Waals surface area contributed by atoms with Crippen molar-refractivity contribution in [1.82, 2.24) is 14.8 Å². The van der Waals surface area contributed by atoms with E-state index in [0.717, 1.165) is 11.4 Å². The Balaban J connectivity index is 1.74. The summed E-state index contributed by atoms with van der Waals surface area (Å²) < 4.78 is 1.50. The van der Waals surface area contributed by atoms with Gasteiger partial charge >= 0.3 is 0 Å². The Morgan fingerprint density at radius 1 is 1.20 bits per heavy atom. The van der Waals surface area contributed by atoms with Gasteiger partial charge in [0.25, 0.3) is 5.56 Å². The van der Waals surface area contributed by atoms with Crippen molar-refractivity contribution < 1.29 is 0 Å². The number of benzene rings is 1. The molecule has 0 atom stereocenters. The lowest BCUT2D eigenvalue weighted by Crippen LogP contribution is -2.24. The largest absolute Gasteiger partial charge is 0.324 e. The molecule has 3 rings (SSSR count). The van der Waals surface area contributed by atoms with Gasteiger partial charge in [0, 0.05) is 23.4 Å². The van der Waals surface area contributed by atoms with Gasteiger partial charge in [0.2, 0.25) is 5.95 Å². The SMILES string of the molecule is CC(C)c1ccc(Nc2nnc(SCc3cccs3)c(=O)n2C)cc1. The second kappa shape index (κ2) is 7.84. The summed E-state index contributed by atoms with van der Waals surface area (Å²) in [6.45, 7) is 4.31. The van der Waals surface area contributed by atoms with Crippen molar-refractivity contribution in [2.75, 3.05) is 5.32 Å². The van der Waals surface area contributed by atoms with Crippen LogP contribution in [0, 0.1) is 0 Å². The fourth-order valence-electron chi connectivity index (χ4n) is 2.26. The zero-order valence-electron chi connectivity index (χ0n) is 14.4. The van der Waals surface area contributed by atoms with Gasteiger partial charge in [0.15, 0.2) is 5.03 Å². The molecular weight excluding hydrogens is 352 g/mol. The maximum Gasteiger partial charge on any atom is 0.287 e. The molecule has 0 bridgehead atoms. The van der Waals surface area contributed by atoms with E-state index >= 15 is 0 Å². The smallest absolute Gasteiger partial charge is 0.287 e. The first-order valence-corrected chi connectivity index (χ1v) is 9.87. The number of rotatable bonds is 6. The number of thioether (sulfide) groups is 1. The van der Waals surface area contributed by atoms with Crippen molar-refractivity contribution in [2.24, 2.45) is 7.05 Å². The molecule has 0 spiro atoms. The molecule has 0 aliphatic rings. The molecule has 5 nitrogen and oxygen atoms in total. The van der Waals surface area contributed by atoms with Crippen LogP contribution < -0.4 is 10.9 Å². The minimum atomic E-state index is -0.141. The van der Waals surface area contributed by atoms with E-state index in [4.69, 9.17) is 0 Å². The number of nitrogens with one attached hydrogen (secondary N) is 1. The van der Waals surface area contributed by atoms with Crippen LogP contribution in [-0.2, 0) is 12.8 Å². The van der Waals surface area contributed by atoms with Gasteiger partial charge in [0.05, 0.1) is 0 Å². The number of hydrogen-bond acceptors (Lipinski definition) is 6. The maximum absolute atomic E-state index is 12.5. The maximum atomic E-state index is 12.5. The summed E-state index contributed by atoms with van der Waals surface area (Å²) in [6.07, 6.45) is 0. The highest BCUT2D eigenvalue weighted by atomic mass is 32.2. The Morgan fingerprint density at radius 3 is 2.60 bits per heavy atom. The normalized spacial score (nSPS) is 11.0. The summed E-state index contributed by atoms with van der Waals surface area (Å²) in [6, 6.07) is 12.2. The van der Waals surface area contributed by atoms with Crippen LogP contribution in [0.4, 0.5) is 11.6 Å². The van der Waals surface area contributed by atoms with E-state index in [0.29, 0.717) is 16.9 Å². The molecule has 2 aromatic heterocycles. The van der Waals surface area contributed by atoms with E-state index in [1.807, 2.05) is 29.6 Å². The van der Waals surface area contributed by atoms with Crippen LogP contribution in [0.15, 0.2) is 51.6 Å². The molecule has 0 fully saturated rings. The lowest BCUT2D eigenvalue weighted by Gasteiger charge is -2.11. The third-order valence-electron chi connectivity index (χ3n) is 3.81. The Labute approximate surface area is 155 Å². The summed E-state index contributed by atoms with van der Waals surface area (Å²) in [4.78, 5) is 13.7. The topological polar surface area (TPSA) is 59.8 Å². The van der Waals surface area contributed by atoms with Crippen LogP contribution >= 0.6 is 23.1 Å². The summed E-state index contributed by atoms with van der Waals surface area (Å²) in [5.74, 6) is 1.64. The fourth-order valence-corrected chi connectivity index (χ4v) is 3.93. The minimum Gasteiger partial charge on any atom is -0.324 e. The summed E-state index contributed by atoms with van der Waals surface area (Å²) in [5, 5.41) is 13.9. The van der Waals surface area contributed by atoms with Crippen molar-refractivity contribution in [3.8, 4) is 0 Å². The Bertz CT molecular complexity index is 886. The molecule has 0 radical (unpaired) electrons. The van der Waals surface area contributed by atoms with E-state index in [2.05, 4.69) is 41.5 Å². The third-order valence-corrected chi connectivity index (χ3v) is 5.85.